The van der Waals surface area contributed by atoms with E-state index >= 15 is 0 Å². The Morgan fingerprint density at radius 2 is 2.20 bits per heavy atom. The summed E-state index contributed by atoms with van der Waals surface area (Å²) in [5.74, 6) is 0. The predicted molar refractivity (Wildman–Crippen MR) is 60.5 cm³/mol. The number of aliphatic hydroxyl groups excluding tert-OH is 1. The first-order chi connectivity index (χ1) is 7.04. The number of hydrogen-bond acceptors (Lipinski definition) is 4. The molecule has 2 aromatic rings. The third-order valence-corrected chi connectivity index (χ3v) is 3.36. The van der Waals surface area contributed by atoms with E-state index in [0.29, 0.717) is 5.58 Å². The molecular weight excluding hydrogens is 212 g/mol. The quantitative estimate of drug-likeness (QED) is 0.850. The van der Waals surface area contributed by atoms with Gasteiger partial charge in [0.1, 0.15) is 5.58 Å². The van der Waals surface area contributed by atoms with Crippen LogP contribution in [-0.4, -0.2) is 11.7 Å². The summed E-state index contributed by atoms with van der Waals surface area (Å²) >= 11 is 1.09. The highest BCUT2D eigenvalue weighted by molar-refractivity contribution is 7.16. The Hall–Kier alpha value is -1.13. The molecule has 0 unspecified atom stereocenters. The fourth-order valence-electron chi connectivity index (χ4n) is 1.51. The molecule has 1 N–H and O–H groups in total. The van der Waals surface area contributed by atoms with E-state index in [1.165, 1.54) is 0 Å². The average molecular weight is 224 g/mol. The molecule has 1 heterocycles. The Bertz CT molecular complexity index is 536. The van der Waals surface area contributed by atoms with E-state index in [-0.39, 0.29) is 17.0 Å². The first-order valence-electron chi connectivity index (χ1n) is 4.68. The number of hydrogen-bond donors (Lipinski definition) is 1. The van der Waals surface area contributed by atoms with E-state index in [9.17, 15) is 9.90 Å². The summed E-state index contributed by atoms with van der Waals surface area (Å²) in [4.78, 5) is 10.8. The van der Waals surface area contributed by atoms with Crippen molar-refractivity contribution in [1.29, 1.82) is 0 Å². The van der Waals surface area contributed by atoms with Gasteiger partial charge >= 0.3 is 4.94 Å². The molecule has 2 rings (SSSR count). The second-order valence-electron chi connectivity index (χ2n) is 4.13. The molecule has 0 aliphatic heterocycles. The molecule has 1 aromatic carbocycles. The molecule has 1 aromatic heterocycles. The first-order valence-corrected chi connectivity index (χ1v) is 5.50. The lowest BCUT2D eigenvalue weighted by Crippen LogP contribution is -2.21. The highest BCUT2D eigenvalue weighted by Gasteiger charge is 2.23. The zero-order valence-corrected chi connectivity index (χ0v) is 9.43. The van der Waals surface area contributed by atoms with Crippen molar-refractivity contribution < 1.29 is 9.52 Å². The van der Waals surface area contributed by atoms with Crippen LogP contribution in [-0.2, 0) is 5.41 Å². The Kier molecular flexibility index (Phi) is 2.40. The minimum atomic E-state index is -0.355. The van der Waals surface area contributed by atoms with Gasteiger partial charge in [-0.25, -0.2) is 4.79 Å². The van der Waals surface area contributed by atoms with Crippen molar-refractivity contribution >= 4 is 21.6 Å². The van der Waals surface area contributed by atoms with Crippen molar-refractivity contribution in [3.63, 3.8) is 0 Å². The molecule has 0 aliphatic carbocycles. The normalized spacial score (nSPS) is 12.2. The van der Waals surface area contributed by atoms with Gasteiger partial charge in [0.05, 0.1) is 11.3 Å². The zero-order chi connectivity index (χ0) is 11.1. The van der Waals surface area contributed by atoms with Gasteiger partial charge < -0.3 is 9.52 Å². The van der Waals surface area contributed by atoms with Crippen molar-refractivity contribution in [2.45, 2.75) is 19.3 Å². The number of fused-ring (bicyclic) bond motifs is 1. The molecule has 0 atom stereocenters. The highest BCUT2D eigenvalue weighted by atomic mass is 32.1. The second kappa shape index (κ2) is 3.47. The number of benzene rings is 1. The monoisotopic (exact) mass is 224 g/mol. The van der Waals surface area contributed by atoms with Gasteiger partial charge in [-0.05, 0) is 11.6 Å². The van der Waals surface area contributed by atoms with Gasteiger partial charge in [-0.15, -0.1) is 0 Å². The molecule has 0 amide bonds. The molecule has 80 valence electrons. The van der Waals surface area contributed by atoms with Gasteiger partial charge in [0.2, 0.25) is 0 Å². The van der Waals surface area contributed by atoms with Crippen LogP contribution >= 0.6 is 11.3 Å². The van der Waals surface area contributed by atoms with Crippen molar-refractivity contribution in [2.75, 3.05) is 6.61 Å². The molecule has 0 radical (unpaired) electrons. The van der Waals surface area contributed by atoms with Crippen molar-refractivity contribution in [1.82, 2.24) is 0 Å². The third-order valence-electron chi connectivity index (χ3n) is 2.48. The van der Waals surface area contributed by atoms with E-state index < -0.39 is 0 Å². The van der Waals surface area contributed by atoms with E-state index in [1.807, 2.05) is 26.0 Å². The van der Waals surface area contributed by atoms with Gasteiger partial charge in [0.15, 0.2) is 0 Å². The summed E-state index contributed by atoms with van der Waals surface area (Å²) in [6.45, 7) is 3.91. The summed E-state index contributed by atoms with van der Waals surface area (Å²) < 4.78 is 5.86. The Morgan fingerprint density at radius 1 is 1.47 bits per heavy atom. The summed E-state index contributed by atoms with van der Waals surface area (Å²) in [6, 6.07) is 5.53. The first kappa shape index (κ1) is 10.4. The van der Waals surface area contributed by atoms with Crippen molar-refractivity contribution in [2.24, 2.45) is 0 Å². The molecule has 0 saturated heterocycles. The average Bonchev–Trinajstić information content (AvgIpc) is 2.57. The molecule has 0 saturated carbocycles. The third kappa shape index (κ3) is 1.70. The van der Waals surface area contributed by atoms with Crippen LogP contribution in [0, 0.1) is 0 Å². The minimum absolute atomic E-state index is 0.0399. The molecule has 0 aliphatic rings. The number of aliphatic hydroxyl groups is 1. The summed E-state index contributed by atoms with van der Waals surface area (Å²) in [5.41, 5.74) is 1.20. The molecule has 15 heavy (non-hydrogen) atoms. The smallest absolute Gasteiger partial charge is 0.396 e. The maximum absolute atomic E-state index is 11.1. The van der Waals surface area contributed by atoms with Gasteiger partial charge in [-0.2, -0.15) is 0 Å². The Labute approximate surface area is 91.0 Å². The van der Waals surface area contributed by atoms with Crippen LogP contribution in [0.15, 0.2) is 27.4 Å². The van der Waals surface area contributed by atoms with E-state index in [1.54, 1.807) is 6.07 Å². The van der Waals surface area contributed by atoms with Crippen LogP contribution in [0.3, 0.4) is 0 Å². The van der Waals surface area contributed by atoms with E-state index in [4.69, 9.17) is 4.42 Å². The van der Waals surface area contributed by atoms with Gasteiger partial charge in [-0.1, -0.05) is 37.3 Å². The Balaban J connectivity index is 2.76. The topological polar surface area (TPSA) is 50.4 Å². The molecule has 3 nitrogen and oxygen atoms in total. The summed E-state index contributed by atoms with van der Waals surface area (Å²) in [6.07, 6.45) is 0. The zero-order valence-electron chi connectivity index (χ0n) is 8.61. The van der Waals surface area contributed by atoms with Crippen LogP contribution in [0.25, 0.3) is 10.3 Å². The predicted octanol–water partition coefficient (Wildman–Crippen LogP) is 2.12. The van der Waals surface area contributed by atoms with Crippen LogP contribution in [0.2, 0.25) is 0 Å². The molecule has 0 fully saturated rings. The minimum Gasteiger partial charge on any atom is -0.414 e. The second-order valence-corrected chi connectivity index (χ2v) is 5.07. The summed E-state index contributed by atoms with van der Waals surface area (Å²) in [7, 11) is 0. The lowest BCUT2D eigenvalue weighted by Gasteiger charge is -2.22. The molecule has 0 spiro atoms. The molecule has 4 heteroatoms. The fourth-order valence-corrected chi connectivity index (χ4v) is 2.48. The van der Waals surface area contributed by atoms with Crippen LogP contribution in [0.1, 0.15) is 19.4 Å². The molecule has 0 bridgehead atoms. The van der Waals surface area contributed by atoms with E-state index in [2.05, 4.69) is 0 Å². The number of rotatable bonds is 2. The van der Waals surface area contributed by atoms with Crippen LogP contribution < -0.4 is 4.94 Å². The van der Waals surface area contributed by atoms with Gasteiger partial charge in [0.25, 0.3) is 0 Å². The van der Waals surface area contributed by atoms with Crippen molar-refractivity contribution in [3.05, 3.63) is 33.5 Å². The SMILES string of the molecule is CC(C)(CO)c1cccc2oc(=O)sc12. The summed E-state index contributed by atoms with van der Waals surface area (Å²) in [5, 5.41) is 9.31. The highest BCUT2D eigenvalue weighted by Crippen LogP contribution is 2.31. The van der Waals surface area contributed by atoms with Crippen LogP contribution in [0.4, 0.5) is 0 Å². The van der Waals surface area contributed by atoms with Gasteiger partial charge in [0, 0.05) is 5.41 Å². The van der Waals surface area contributed by atoms with Crippen molar-refractivity contribution in [3.8, 4) is 0 Å². The Morgan fingerprint density at radius 3 is 2.87 bits per heavy atom. The van der Waals surface area contributed by atoms with Gasteiger partial charge in [-0.3, -0.25) is 0 Å². The molecular formula is C11H12O3S. The lowest BCUT2D eigenvalue weighted by molar-refractivity contribution is 0.219. The maximum Gasteiger partial charge on any atom is 0.396 e. The largest absolute Gasteiger partial charge is 0.414 e. The fraction of sp³-hybridized carbons (Fsp3) is 0.364. The standard InChI is InChI=1S/C11H12O3S/c1-11(2,6-12)7-4-3-5-8-9(7)15-10(13)14-8/h3-5,12H,6H2,1-2H3. The lowest BCUT2D eigenvalue weighted by atomic mass is 9.85. The van der Waals surface area contributed by atoms with E-state index in [0.717, 1.165) is 21.6 Å². The van der Waals surface area contributed by atoms with Crippen LogP contribution in [0.5, 0.6) is 0 Å². The maximum atomic E-state index is 11.1.